The molecule has 0 radical (unpaired) electrons. The van der Waals surface area contributed by atoms with Crippen LogP contribution in [0.5, 0.6) is 0 Å². The van der Waals surface area contributed by atoms with Crippen LogP contribution >= 0.6 is 0 Å². The molecule has 0 fully saturated rings. The van der Waals surface area contributed by atoms with Crippen molar-refractivity contribution in [1.82, 2.24) is 0 Å². The minimum atomic E-state index is -4.12. The van der Waals surface area contributed by atoms with E-state index >= 15 is 0 Å². The Morgan fingerprint density at radius 1 is 1.19 bits per heavy atom. The van der Waals surface area contributed by atoms with Crippen molar-refractivity contribution in [2.24, 2.45) is 0 Å². The molecule has 0 aromatic heterocycles. The first-order valence-electron chi connectivity index (χ1n) is 5.50. The van der Waals surface area contributed by atoms with Crippen LogP contribution in [0.2, 0.25) is 0 Å². The van der Waals surface area contributed by atoms with Gasteiger partial charge in [0.25, 0.3) is 0 Å². The molecule has 0 saturated carbocycles. The quantitative estimate of drug-likeness (QED) is 0.338. The van der Waals surface area contributed by atoms with Crippen molar-refractivity contribution in [2.45, 2.75) is 63.7 Å². The largest absolute Gasteiger partial charge is 1.00 e. The summed E-state index contributed by atoms with van der Waals surface area (Å²) in [6.45, 7) is 3.45. The molecular weight excluding hydrogens is 255 g/mol. The molecule has 6 heteroatoms. The molecule has 0 aliphatic heterocycles. The maximum absolute atomic E-state index is 10.7. The summed E-state index contributed by atoms with van der Waals surface area (Å²) in [4.78, 5) is 0. The van der Waals surface area contributed by atoms with Crippen molar-refractivity contribution >= 4 is 10.1 Å². The van der Waals surface area contributed by atoms with Gasteiger partial charge >= 0.3 is 51.4 Å². The Morgan fingerprint density at radius 3 is 2.06 bits per heavy atom. The summed E-state index contributed by atoms with van der Waals surface area (Å²) >= 11 is 0. The van der Waals surface area contributed by atoms with E-state index in [0.717, 1.165) is 25.7 Å². The molecule has 0 aromatic carbocycles. The fourth-order valence-electron chi connectivity index (χ4n) is 1.54. The average Bonchev–Trinajstić information content (AvgIpc) is 2.08. The molecule has 0 aliphatic rings. The maximum Gasteiger partial charge on any atom is 1.00 e. The van der Waals surface area contributed by atoms with E-state index in [2.05, 4.69) is 0 Å². The van der Waals surface area contributed by atoms with E-state index in [1.54, 1.807) is 13.8 Å². The Kier molecular flexibility index (Phi) is 12.9. The molecule has 2 atom stereocenters. The summed E-state index contributed by atoms with van der Waals surface area (Å²) in [7, 11) is -4.12. The zero-order valence-corrected chi connectivity index (χ0v) is 14.4. The van der Waals surface area contributed by atoms with Crippen molar-refractivity contribution in [3.63, 3.8) is 0 Å². The zero-order valence-electron chi connectivity index (χ0n) is 10.5. The molecule has 0 rings (SSSR count). The van der Waals surface area contributed by atoms with E-state index in [-0.39, 0.29) is 57.5 Å². The van der Waals surface area contributed by atoms with Crippen LogP contribution in [-0.4, -0.2) is 29.4 Å². The van der Waals surface area contributed by atoms with E-state index < -0.39 is 15.4 Å². The van der Waals surface area contributed by atoms with Gasteiger partial charge in [0, 0.05) is 5.25 Å². The Hall–Kier alpha value is 1.51. The molecule has 1 N–H and O–H groups in total. The van der Waals surface area contributed by atoms with Gasteiger partial charge in [0.15, 0.2) is 0 Å². The number of unbranched alkanes of at least 4 members (excludes halogenated alkanes) is 2. The van der Waals surface area contributed by atoms with E-state index in [1.165, 1.54) is 0 Å². The topological polar surface area (TPSA) is 77.4 Å². The standard InChI is InChI=1S/C10H22O4S.K/c1-3-10(15(12,13)14)8-6-4-5-7-9(2)11;/h9-11H,3-8H2,1-2H3,(H,12,13,14);/q;+1/p-1. The van der Waals surface area contributed by atoms with Gasteiger partial charge in [-0.1, -0.05) is 26.2 Å². The van der Waals surface area contributed by atoms with Crippen LogP contribution in [0.15, 0.2) is 0 Å². The molecule has 92 valence electrons. The van der Waals surface area contributed by atoms with Crippen molar-refractivity contribution in [1.29, 1.82) is 0 Å². The van der Waals surface area contributed by atoms with Gasteiger partial charge in [-0.05, 0) is 26.2 Å². The number of rotatable bonds is 8. The Morgan fingerprint density at radius 2 is 1.69 bits per heavy atom. The van der Waals surface area contributed by atoms with Crippen LogP contribution in [-0.2, 0) is 10.1 Å². The van der Waals surface area contributed by atoms with Crippen LogP contribution in [0.25, 0.3) is 0 Å². The van der Waals surface area contributed by atoms with Gasteiger partial charge in [0.2, 0.25) is 0 Å². The summed E-state index contributed by atoms with van der Waals surface area (Å²) in [6, 6.07) is 0. The van der Waals surface area contributed by atoms with E-state index in [9.17, 15) is 13.0 Å². The SMILES string of the molecule is CCC(CCCCCC(C)O)S(=O)(=O)[O-].[K+]. The number of hydrogen-bond donors (Lipinski definition) is 1. The second-order valence-electron chi connectivity index (χ2n) is 4.01. The number of aliphatic hydroxyl groups is 1. The maximum atomic E-state index is 10.7. The zero-order chi connectivity index (χ0) is 11.9. The molecule has 0 aliphatic carbocycles. The van der Waals surface area contributed by atoms with Crippen LogP contribution in [0, 0.1) is 0 Å². The summed E-state index contributed by atoms with van der Waals surface area (Å²) < 4.78 is 32.2. The smallest absolute Gasteiger partial charge is 0.748 e. The molecule has 16 heavy (non-hydrogen) atoms. The monoisotopic (exact) mass is 276 g/mol. The van der Waals surface area contributed by atoms with E-state index in [4.69, 9.17) is 5.11 Å². The van der Waals surface area contributed by atoms with Crippen LogP contribution in [0.4, 0.5) is 0 Å². The van der Waals surface area contributed by atoms with Crippen molar-refractivity contribution in [2.75, 3.05) is 0 Å². The van der Waals surface area contributed by atoms with Gasteiger partial charge < -0.3 is 9.66 Å². The van der Waals surface area contributed by atoms with Crippen LogP contribution in [0.3, 0.4) is 0 Å². The third-order valence-corrected chi connectivity index (χ3v) is 3.90. The Labute approximate surface area is 141 Å². The summed E-state index contributed by atoms with van der Waals surface area (Å²) in [5.74, 6) is 0. The second-order valence-corrected chi connectivity index (χ2v) is 5.66. The average molecular weight is 276 g/mol. The van der Waals surface area contributed by atoms with E-state index in [1.807, 2.05) is 0 Å². The minimum absolute atomic E-state index is 0. The third-order valence-electron chi connectivity index (χ3n) is 2.51. The molecule has 0 amide bonds. The molecule has 0 spiro atoms. The van der Waals surface area contributed by atoms with E-state index in [0.29, 0.717) is 12.8 Å². The van der Waals surface area contributed by atoms with Gasteiger partial charge in [-0.3, -0.25) is 0 Å². The predicted molar refractivity (Wildman–Crippen MR) is 58.5 cm³/mol. The number of hydrogen-bond acceptors (Lipinski definition) is 4. The van der Waals surface area contributed by atoms with Gasteiger partial charge in [0.1, 0.15) is 0 Å². The Balaban J connectivity index is 0. The number of aliphatic hydroxyl groups excluding tert-OH is 1. The fourth-order valence-corrected chi connectivity index (χ4v) is 2.40. The van der Waals surface area contributed by atoms with Gasteiger partial charge in [-0.25, -0.2) is 8.42 Å². The molecule has 0 heterocycles. The fraction of sp³-hybridized carbons (Fsp3) is 1.00. The van der Waals surface area contributed by atoms with Crippen molar-refractivity contribution in [3.8, 4) is 0 Å². The van der Waals surface area contributed by atoms with Crippen LogP contribution in [0.1, 0.15) is 52.4 Å². The first-order chi connectivity index (χ1) is 6.88. The van der Waals surface area contributed by atoms with Gasteiger partial charge in [0.05, 0.1) is 16.2 Å². The molecule has 2 unspecified atom stereocenters. The predicted octanol–water partition coefficient (Wildman–Crippen LogP) is -1.35. The first-order valence-corrected chi connectivity index (χ1v) is 6.97. The van der Waals surface area contributed by atoms with Gasteiger partial charge in [-0.15, -0.1) is 0 Å². The normalized spacial score (nSPS) is 15.2. The Bertz CT molecular complexity index is 252. The summed E-state index contributed by atoms with van der Waals surface area (Å²) in [5, 5.41) is 8.26. The molecular formula is C10H21KO4S. The first kappa shape index (κ1) is 19.8. The summed E-state index contributed by atoms with van der Waals surface area (Å²) in [5.41, 5.74) is 0. The second kappa shape index (κ2) is 10.4. The van der Waals surface area contributed by atoms with Gasteiger partial charge in [-0.2, -0.15) is 0 Å². The summed E-state index contributed by atoms with van der Waals surface area (Å²) in [6.07, 6.45) is 3.78. The molecule has 0 aromatic rings. The van der Waals surface area contributed by atoms with Crippen molar-refractivity contribution < 1.29 is 69.5 Å². The molecule has 0 saturated heterocycles. The molecule has 4 nitrogen and oxygen atoms in total. The third kappa shape index (κ3) is 10.6. The van der Waals surface area contributed by atoms with Crippen molar-refractivity contribution in [3.05, 3.63) is 0 Å². The molecule has 0 bridgehead atoms. The minimum Gasteiger partial charge on any atom is -0.748 e. The van der Waals surface area contributed by atoms with Crippen LogP contribution < -0.4 is 51.4 Å².